The van der Waals surface area contributed by atoms with Gasteiger partial charge in [0.05, 0.1) is 18.9 Å². The molecule has 128 valence electrons. The minimum atomic E-state index is -0.641. The Morgan fingerprint density at radius 2 is 2.29 bits per heavy atom. The number of nitrogens with zero attached hydrogens (tertiary/aromatic N) is 4. The van der Waals surface area contributed by atoms with Crippen LogP contribution in [0.3, 0.4) is 0 Å². The number of carbonyl (C=O) groups excluding carboxylic acids is 1. The van der Waals surface area contributed by atoms with Crippen LogP contribution in [0.5, 0.6) is 5.75 Å². The minimum Gasteiger partial charge on any atom is -0.485 e. The lowest BCUT2D eigenvalue weighted by molar-refractivity contribution is 0.0533. The van der Waals surface area contributed by atoms with Crippen molar-refractivity contribution >= 4 is 18.3 Å². The van der Waals surface area contributed by atoms with E-state index in [-0.39, 0.29) is 12.3 Å². The lowest BCUT2D eigenvalue weighted by Crippen LogP contribution is -2.35. The minimum absolute atomic E-state index is 0.0900. The lowest BCUT2D eigenvalue weighted by Gasteiger charge is -2.28. The zero-order valence-corrected chi connectivity index (χ0v) is 13.6. The molecule has 0 saturated carbocycles. The summed E-state index contributed by atoms with van der Waals surface area (Å²) in [6.07, 6.45) is 3.29. The van der Waals surface area contributed by atoms with Crippen molar-refractivity contribution in [2.45, 2.75) is 0 Å². The van der Waals surface area contributed by atoms with Crippen LogP contribution in [0.15, 0.2) is 40.2 Å². The Hall–Kier alpha value is -2.74. The highest BCUT2D eigenvalue weighted by atomic mass is 16.5. The largest absolute Gasteiger partial charge is 0.485 e. The molecule has 1 aromatic rings. The second-order valence-electron chi connectivity index (χ2n) is 4.98. The number of pyridine rings is 1. The standard InChI is InChI=1S/C16H21N5O3/c1-18-12(10-14(19-2)21-6-8-23-9-7-21)11-24-13-4-3-5-20-15(13)16(17)22/h3-5,10H,2,6-9,11H2,1H3,(H2,17,22)/b14-10+,18-12?. The van der Waals surface area contributed by atoms with Crippen molar-refractivity contribution in [3.8, 4) is 5.75 Å². The van der Waals surface area contributed by atoms with Gasteiger partial charge in [0.25, 0.3) is 5.91 Å². The SMILES string of the molecule is C=N/C(=C\C(COc1cccnc1C(N)=O)=NC)N1CCOCC1. The van der Waals surface area contributed by atoms with Gasteiger partial charge < -0.3 is 20.1 Å². The third-order valence-electron chi connectivity index (χ3n) is 3.46. The van der Waals surface area contributed by atoms with E-state index in [1.54, 1.807) is 25.3 Å². The highest BCUT2D eigenvalue weighted by Crippen LogP contribution is 2.15. The van der Waals surface area contributed by atoms with Crippen molar-refractivity contribution in [3.63, 3.8) is 0 Å². The number of morpholine rings is 1. The van der Waals surface area contributed by atoms with Gasteiger partial charge in [-0.3, -0.25) is 9.79 Å². The number of aromatic nitrogens is 1. The highest BCUT2D eigenvalue weighted by Gasteiger charge is 2.14. The first kappa shape index (κ1) is 17.6. The number of carbonyl (C=O) groups is 1. The number of amides is 1. The van der Waals surface area contributed by atoms with E-state index in [0.717, 1.165) is 13.1 Å². The smallest absolute Gasteiger partial charge is 0.271 e. The molecule has 1 aromatic heterocycles. The second-order valence-corrected chi connectivity index (χ2v) is 4.98. The summed E-state index contributed by atoms with van der Waals surface area (Å²) in [4.78, 5) is 25.6. The van der Waals surface area contributed by atoms with Gasteiger partial charge in [-0.05, 0) is 18.9 Å². The van der Waals surface area contributed by atoms with Crippen LogP contribution in [0.4, 0.5) is 0 Å². The Bertz CT molecular complexity index is 651. The van der Waals surface area contributed by atoms with Gasteiger partial charge in [0, 0.05) is 32.4 Å². The molecule has 0 aromatic carbocycles. The van der Waals surface area contributed by atoms with Crippen molar-refractivity contribution in [2.75, 3.05) is 40.0 Å². The van der Waals surface area contributed by atoms with E-state index in [1.165, 1.54) is 6.20 Å². The molecule has 2 rings (SSSR count). The molecule has 1 aliphatic heterocycles. The average molecular weight is 331 g/mol. The van der Waals surface area contributed by atoms with Gasteiger partial charge in [0.15, 0.2) is 11.4 Å². The van der Waals surface area contributed by atoms with Crippen molar-refractivity contribution in [2.24, 2.45) is 15.7 Å². The number of hydrogen-bond acceptors (Lipinski definition) is 7. The number of aliphatic imine (C=N–C) groups is 2. The fourth-order valence-corrected chi connectivity index (χ4v) is 2.19. The Morgan fingerprint density at radius 1 is 1.54 bits per heavy atom. The van der Waals surface area contributed by atoms with Crippen molar-refractivity contribution in [1.29, 1.82) is 0 Å². The third kappa shape index (κ3) is 4.63. The zero-order chi connectivity index (χ0) is 17.4. The molecule has 2 N–H and O–H groups in total. The molecule has 0 unspecified atom stereocenters. The van der Waals surface area contributed by atoms with Crippen molar-refractivity contribution in [3.05, 3.63) is 35.9 Å². The van der Waals surface area contributed by atoms with Gasteiger partial charge in [-0.15, -0.1) is 0 Å². The molecule has 24 heavy (non-hydrogen) atoms. The number of primary amides is 1. The molecule has 8 heteroatoms. The van der Waals surface area contributed by atoms with Crippen LogP contribution in [-0.2, 0) is 4.74 Å². The normalized spacial score (nSPS) is 16.0. The Morgan fingerprint density at radius 3 is 2.92 bits per heavy atom. The van der Waals surface area contributed by atoms with Crippen LogP contribution in [-0.4, -0.2) is 68.2 Å². The van der Waals surface area contributed by atoms with Gasteiger partial charge in [-0.1, -0.05) is 0 Å². The van der Waals surface area contributed by atoms with Crippen LogP contribution in [0.1, 0.15) is 10.5 Å². The summed E-state index contributed by atoms with van der Waals surface area (Å²) < 4.78 is 11.0. The van der Waals surface area contributed by atoms with Crippen LogP contribution >= 0.6 is 0 Å². The van der Waals surface area contributed by atoms with E-state index in [2.05, 4.69) is 26.6 Å². The Kier molecular flexibility index (Phi) is 6.44. The predicted octanol–water partition coefficient (Wildman–Crippen LogP) is 0.504. The number of hydrogen-bond donors (Lipinski definition) is 1. The van der Waals surface area contributed by atoms with E-state index in [0.29, 0.717) is 30.5 Å². The molecule has 0 atom stereocenters. The summed E-state index contributed by atoms with van der Waals surface area (Å²) in [6.45, 7) is 6.57. The molecule has 1 aliphatic rings. The Balaban J connectivity index is 2.08. The van der Waals surface area contributed by atoms with Crippen molar-refractivity contribution < 1.29 is 14.3 Å². The third-order valence-corrected chi connectivity index (χ3v) is 3.46. The quantitative estimate of drug-likeness (QED) is 0.733. The number of rotatable bonds is 7. The molecule has 2 heterocycles. The summed E-state index contributed by atoms with van der Waals surface area (Å²) in [6, 6.07) is 3.31. The maximum absolute atomic E-state index is 11.4. The van der Waals surface area contributed by atoms with Crippen LogP contribution < -0.4 is 10.5 Å². The first-order chi connectivity index (χ1) is 11.7. The highest BCUT2D eigenvalue weighted by molar-refractivity contribution is 5.97. The lowest BCUT2D eigenvalue weighted by atomic mass is 10.3. The monoisotopic (exact) mass is 331 g/mol. The molecular formula is C16H21N5O3. The number of nitrogens with two attached hydrogens (primary N) is 1. The summed E-state index contributed by atoms with van der Waals surface area (Å²) in [7, 11) is 1.66. The van der Waals surface area contributed by atoms with Gasteiger partial charge in [0.2, 0.25) is 0 Å². The number of ether oxygens (including phenoxy) is 2. The maximum atomic E-state index is 11.4. The Labute approximate surface area is 140 Å². The first-order valence-electron chi connectivity index (χ1n) is 7.50. The zero-order valence-electron chi connectivity index (χ0n) is 13.6. The molecule has 0 spiro atoms. The van der Waals surface area contributed by atoms with Gasteiger partial charge in [-0.25, -0.2) is 9.98 Å². The maximum Gasteiger partial charge on any atom is 0.271 e. The molecule has 1 fully saturated rings. The molecule has 1 saturated heterocycles. The fraction of sp³-hybridized carbons (Fsp3) is 0.375. The average Bonchev–Trinajstić information content (AvgIpc) is 2.63. The van der Waals surface area contributed by atoms with Gasteiger partial charge >= 0.3 is 0 Å². The van der Waals surface area contributed by atoms with E-state index >= 15 is 0 Å². The van der Waals surface area contributed by atoms with E-state index in [1.807, 2.05) is 0 Å². The summed E-state index contributed by atoms with van der Waals surface area (Å²) in [5, 5.41) is 0. The molecule has 0 radical (unpaired) electrons. The van der Waals surface area contributed by atoms with E-state index in [4.69, 9.17) is 15.2 Å². The molecule has 1 amide bonds. The predicted molar refractivity (Wildman–Crippen MR) is 91.6 cm³/mol. The first-order valence-corrected chi connectivity index (χ1v) is 7.50. The summed E-state index contributed by atoms with van der Waals surface area (Å²) in [5.41, 5.74) is 6.03. The molecule has 0 aliphatic carbocycles. The fourth-order valence-electron chi connectivity index (χ4n) is 2.19. The second kappa shape index (κ2) is 8.78. The van der Waals surface area contributed by atoms with Gasteiger partial charge in [-0.2, -0.15) is 0 Å². The molecule has 8 nitrogen and oxygen atoms in total. The van der Waals surface area contributed by atoms with E-state index in [9.17, 15) is 4.79 Å². The van der Waals surface area contributed by atoms with Gasteiger partial charge in [0.1, 0.15) is 12.4 Å². The molecular weight excluding hydrogens is 310 g/mol. The van der Waals surface area contributed by atoms with Crippen molar-refractivity contribution in [1.82, 2.24) is 9.88 Å². The van der Waals surface area contributed by atoms with E-state index < -0.39 is 5.91 Å². The summed E-state index contributed by atoms with van der Waals surface area (Å²) in [5.74, 6) is 0.390. The van der Waals surface area contributed by atoms with Crippen LogP contribution in [0, 0.1) is 0 Å². The topological polar surface area (TPSA) is 102 Å². The molecule has 0 bridgehead atoms. The summed E-state index contributed by atoms with van der Waals surface area (Å²) >= 11 is 0. The van der Waals surface area contributed by atoms with Crippen LogP contribution in [0.25, 0.3) is 0 Å². The van der Waals surface area contributed by atoms with Crippen LogP contribution in [0.2, 0.25) is 0 Å².